The Bertz CT molecular complexity index is 1190. The summed E-state index contributed by atoms with van der Waals surface area (Å²) < 4.78 is 7.64. The molecule has 1 aliphatic rings. The van der Waals surface area contributed by atoms with Crippen molar-refractivity contribution >= 4 is 11.8 Å². The second kappa shape index (κ2) is 11.0. The molecular weight excluding hydrogens is 442 g/mol. The number of likely N-dealkylation sites (N-methyl/N-ethyl adjacent to an activating group) is 1. The summed E-state index contributed by atoms with van der Waals surface area (Å²) in [5.74, 6) is 0.887. The summed E-state index contributed by atoms with van der Waals surface area (Å²) in [6.45, 7) is 1.96. The van der Waals surface area contributed by atoms with Crippen LogP contribution >= 0.6 is 0 Å². The van der Waals surface area contributed by atoms with Gasteiger partial charge in [-0.1, -0.05) is 24.3 Å². The molecule has 1 aliphatic heterocycles. The number of likely N-dealkylation sites (tertiary alicyclic amines) is 1. The Labute approximate surface area is 205 Å². The average Bonchev–Trinajstić information content (AvgIpc) is 3.31. The number of ether oxygens (including phenoxy) is 1. The minimum Gasteiger partial charge on any atom is -0.457 e. The van der Waals surface area contributed by atoms with Gasteiger partial charge in [0, 0.05) is 37.5 Å². The maximum Gasteiger partial charge on any atom is 0.252 e. The highest BCUT2D eigenvalue weighted by Gasteiger charge is 2.26. The number of para-hydroxylation sites is 1. The number of carbonyl (C=O) groups is 2. The van der Waals surface area contributed by atoms with Crippen molar-refractivity contribution in [1.82, 2.24) is 19.6 Å². The molecule has 3 aromatic rings. The van der Waals surface area contributed by atoms with Gasteiger partial charge in [0.2, 0.25) is 5.91 Å². The Morgan fingerprint density at radius 1 is 1.11 bits per heavy atom. The second-order valence-electron chi connectivity index (χ2n) is 8.92. The standard InChI is InChI=1S/C27H31N5O3/c1-30(2)16-7-11-25(33)31-17-6-8-21(18-31)32-19-24(27(28)34)26(29-32)20-12-14-23(15-13-20)35-22-9-4-3-5-10-22/h3-5,7,9-15,19,21H,6,8,16-18H2,1-2H3,(H2,28,34)/b11-7+. The van der Waals surface area contributed by atoms with Gasteiger partial charge >= 0.3 is 0 Å². The molecule has 1 fully saturated rings. The lowest BCUT2D eigenvalue weighted by Gasteiger charge is -2.32. The van der Waals surface area contributed by atoms with E-state index < -0.39 is 5.91 Å². The zero-order chi connectivity index (χ0) is 24.8. The number of nitrogens with zero attached hydrogens (tertiary/aromatic N) is 4. The van der Waals surface area contributed by atoms with E-state index in [1.165, 1.54) is 0 Å². The summed E-state index contributed by atoms with van der Waals surface area (Å²) in [5, 5.41) is 4.73. The lowest BCUT2D eigenvalue weighted by Crippen LogP contribution is -2.40. The molecule has 8 nitrogen and oxygen atoms in total. The van der Waals surface area contributed by atoms with Crippen molar-refractivity contribution < 1.29 is 14.3 Å². The first-order valence-electron chi connectivity index (χ1n) is 11.7. The molecule has 0 spiro atoms. The molecule has 1 saturated heterocycles. The number of amides is 2. The normalized spacial score (nSPS) is 16.1. The van der Waals surface area contributed by atoms with E-state index in [0.717, 1.165) is 24.2 Å². The van der Waals surface area contributed by atoms with Crippen molar-refractivity contribution in [3.63, 3.8) is 0 Å². The molecule has 2 aromatic carbocycles. The number of aromatic nitrogens is 2. The van der Waals surface area contributed by atoms with Crippen molar-refractivity contribution in [2.45, 2.75) is 18.9 Å². The third kappa shape index (κ3) is 6.16. The van der Waals surface area contributed by atoms with Crippen LogP contribution in [0.3, 0.4) is 0 Å². The largest absolute Gasteiger partial charge is 0.457 e. The van der Waals surface area contributed by atoms with Gasteiger partial charge in [0.05, 0.1) is 11.6 Å². The van der Waals surface area contributed by atoms with E-state index in [4.69, 9.17) is 15.6 Å². The summed E-state index contributed by atoms with van der Waals surface area (Å²) in [6.07, 6.45) is 6.94. The molecule has 4 rings (SSSR count). The van der Waals surface area contributed by atoms with Gasteiger partial charge in [0.25, 0.3) is 5.91 Å². The van der Waals surface area contributed by atoms with Crippen molar-refractivity contribution in [3.8, 4) is 22.8 Å². The Hall–Kier alpha value is -3.91. The number of nitrogens with two attached hydrogens (primary N) is 1. The summed E-state index contributed by atoms with van der Waals surface area (Å²) >= 11 is 0. The van der Waals surface area contributed by atoms with Crippen molar-refractivity contribution in [2.24, 2.45) is 5.73 Å². The molecule has 35 heavy (non-hydrogen) atoms. The highest BCUT2D eigenvalue weighted by Crippen LogP contribution is 2.29. The smallest absolute Gasteiger partial charge is 0.252 e. The van der Waals surface area contributed by atoms with Gasteiger partial charge in [-0.25, -0.2) is 0 Å². The number of piperidine rings is 1. The molecule has 182 valence electrons. The van der Waals surface area contributed by atoms with Crippen LogP contribution in [-0.2, 0) is 4.79 Å². The topological polar surface area (TPSA) is 93.7 Å². The van der Waals surface area contributed by atoms with E-state index in [2.05, 4.69) is 0 Å². The van der Waals surface area contributed by atoms with E-state index in [1.54, 1.807) is 17.0 Å². The first-order valence-corrected chi connectivity index (χ1v) is 11.7. The lowest BCUT2D eigenvalue weighted by atomic mass is 10.1. The molecule has 2 N–H and O–H groups in total. The molecule has 1 unspecified atom stereocenters. The molecule has 0 bridgehead atoms. The predicted octanol–water partition coefficient (Wildman–Crippen LogP) is 3.72. The van der Waals surface area contributed by atoms with Crippen LogP contribution in [0.1, 0.15) is 29.2 Å². The first kappa shape index (κ1) is 24.2. The highest BCUT2D eigenvalue weighted by molar-refractivity contribution is 5.98. The fourth-order valence-electron chi connectivity index (χ4n) is 4.12. The fraction of sp³-hybridized carbons (Fsp3) is 0.296. The van der Waals surface area contributed by atoms with E-state index >= 15 is 0 Å². The van der Waals surface area contributed by atoms with E-state index in [9.17, 15) is 9.59 Å². The number of hydrogen-bond donors (Lipinski definition) is 1. The van der Waals surface area contributed by atoms with Gasteiger partial charge in [-0.2, -0.15) is 5.10 Å². The van der Waals surface area contributed by atoms with Crippen LogP contribution in [0.5, 0.6) is 11.5 Å². The number of primary amides is 1. The maximum absolute atomic E-state index is 12.6. The minimum atomic E-state index is -0.536. The monoisotopic (exact) mass is 473 g/mol. The minimum absolute atomic E-state index is 0.00643. The van der Waals surface area contributed by atoms with Crippen molar-refractivity contribution in [3.05, 3.63) is 78.5 Å². The van der Waals surface area contributed by atoms with Crippen LogP contribution in [0.2, 0.25) is 0 Å². The Kier molecular flexibility index (Phi) is 7.62. The summed E-state index contributed by atoms with van der Waals surface area (Å²) in [5.41, 5.74) is 7.34. The number of carbonyl (C=O) groups excluding carboxylic acids is 2. The van der Waals surface area contributed by atoms with Gasteiger partial charge in [-0.15, -0.1) is 0 Å². The van der Waals surface area contributed by atoms with Gasteiger partial charge in [0.15, 0.2) is 0 Å². The summed E-state index contributed by atoms with van der Waals surface area (Å²) in [4.78, 5) is 28.7. The first-order chi connectivity index (χ1) is 16.9. The molecule has 8 heteroatoms. The highest BCUT2D eigenvalue weighted by atomic mass is 16.5. The third-order valence-electron chi connectivity index (χ3n) is 5.92. The Balaban J connectivity index is 1.51. The molecule has 2 amide bonds. The van der Waals surface area contributed by atoms with E-state index in [1.807, 2.05) is 84.6 Å². The van der Waals surface area contributed by atoms with E-state index in [-0.39, 0.29) is 11.9 Å². The lowest BCUT2D eigenvalue weighted by molar-refractivity contribution is -0.127. The van der Waals surface area contributed by atoms with Crippen LogP contribution in [0.4, 0.5) is 0 Å². The maximum atomic E-state index is 12.6. The summed E-state index contributed by atoms with van der Waals surface area (Å²) in [6, 6.07) is 16.9. The van der Waals surface area contributed by atoms with Gasteiger partial charge in [-0.05, 0) is 63.3 Å². The van der Waals surface area contributed by atoms with Gasteiger partial charge in [0.1, 0.15) is 17.2 Å². The molecule has 2 heterocycles. The van der Waals surface area contributed by atoms with Crippen LogP contribution in [0.25, 0.3) is 11.3 Å². The molecule has 0 saturated carbocycles. The zero-order valence-corrected chi connectivity index (χ0v) is 20.1. The average molecular weight is 474 g/mol. The van der Waals surface area contributed by atoms with Crippen molar-refractivity contribution in [2.75, 3.05) is 33.7 Å². The zero-order valence-electron chi connectivity index (χ0n) is 20.1. The van der Waals surface area contributed by atoms with Crippen LogP contribution in [0.15, 0.2) is 72.9 Å². The molecule has 0 aliphatic carbocycles. The van der Waals surface area contributed by atoms with Crippen LogP contribution in [0, 0.1) is 0 Å². The number of hydrogen-bond acceptors (Lipinski definition) is 5. The molecule has 1 atom stereocenters. The molecule has 0 radical (unpaired) electrons. The third-order valence-corrected chi connectivity index (χ3v) is 5.92. The van der Waals surface area contributed by atoms with E-state index in [0.29, 0.717) is 36.6 Å². The van der Waals surface area contributed by atoms with Crippen LogP contribution < -0.4 is 10.5 Å². The fourth-order valence-corrected chi connectivity index (χ4v) is 4.12. The quantitative estimate of drug-likeness (QED) is 0.503. The number of benzene rings is 2. The van der Waals surface area contributed by atoms with Crippen LogP contribution in [-0.4, -0.2) is 65.1 Å². The van der Waals surface area contributed by atoms with Crippen molar-refractivity contribution in [1.29, 1.82) is 0 Å². The summed E-state index contributed by atoms with van der Waals surface area (Å²) in [7, 11) is 3.92. The Morgan fingerprint density at radius 2 is 1.83 bits per heavy atom. The van der Waals surface area contributed by atoms with Gasteiger partial charge < -0.3 is 20.3 Å². The SMILES string of the molecule is CN(C)C/C=C/C(=O)N1CCCC(n2cc(C(N)=O)c(-c3ccc(Oc4ccccc4)cc3)n2)C1. The second-order valence-corrected chi connectivity index (χ2v) is 8.92. The molecular formula is C27H31N5O3. The van der Waals surface area contributed by atoms with Gasteiger partial charge in [-0.3, -0.25) is 14.3 Å². The Morgan fingerprint density at radius 3 is 2.51 bits per heavy atom. The predicted molar refractivity (Wildman–Crippen MR) is 135 cm³/mol. The number of rotatable bonds is 8. The molecule has 1 aromatic heterocycles.